The first-order valence-corrected chi connectivity index (χ1v) is 8.72. The molecule has 1 aromatic carbocycles. The zero-order chi connectivity index (χ0) is 19.9. The molecule has 0 radical (unpaired) electrons. The van der Waals surface area contributed by atoms with E-state index in [0.29, 0.717) is 24.7 Å². The molecular formula is C19H27F3N2O2. The molecule has 0 bridgehead atoms. The van der Waals surface area contributed by atoms with E-state index in [9.17, 15) is 18.0 Å². The second kappa shape index (κ2) is 9.59. The van der Waals surface area contributed by atoms with E-state index in [2.05, 4.69) is 23.6 Å². The van der Waals surface area contributed by atoms with Gasteiger partial charge < -0.3 is 10.5 Å². The average molecular weight is 372 g/mol. The Hall–Kier alpha value is -2.05. The first kappa shape index (κ1) is 22.0. The molecule has 146 valence electrons. The number of hydrogen-bond acceptors (Lipinski definition) is 2. The Morgan fingerprint density at radius 1 is 1.12 bits per heavy atom. The molecule has 0 aliphatic rings. The normalized spacial score (nSPS) is 14.0. The summed E-state index contributed by atoms with van der Waals surface area (Å²) in [6, 6.07) is 5.39. The number of halogens is 3. The Morgan fingerprint density at radius 3 is 2.27 bits per heavy atom. The number of benzene rings is 1. The lowest BCUT2D eigenvalue weighted by atomic mass is 9.90. The van der Waals surface area contributed by atoms with Crippen molar-refractivity contribution in [2.75, 3.05) is 0 Å². The van der Waals surface area contributed by atoms with Gasteiger partial charge in [0.15, 0.2) is 0 Å². The molecule has 0 heterocycles. The topological polar surface area (TPSA) is 64.7 Å². The lowest BCUT2D eigenvalue weighted by molar-refractivity contribution is -0.274. The molecule has 2 N–H and O–H groups in total. The van der Waals surface area contributed by atoms with Gasteiger partial charge in [-0.3, -0.25) is 4.79 Å². The number of carbonyl (C=O) groups excluding carboxylic acids is 1. The number of amidine groups is 1. The molecule has 1 rings (SSSR count). The Morgan fingerprint density at radius 2 is 1.73 bits per heavy atom. The Bertz CT molecular complexity index is 625. The number of rotatable bonds is 8. The summed E-state index contributed by atoms with van der Waals surface area (Å²) in [6.45, 7) is 8.16. The van der Waals surface area contributed by atoms with Crippen molar-refractivity contribution >= 4 is 11.7 Å². The average Bonchev–Trinajstić information content (AvgIpc) is 2.49. The minimum Gasteiger partial charge on any atom is -0.405 e. The van der Waals surface area contributed by atoms with Crippen molar-refractivity contribution in [1.29, 1.82) is 0 Å². The zero-order valence-corrected chi connectivity index (χ0v) is 15.6. The highest BCUT2D eigenvalue weighted by Crippen LogP contribution is 2.27. The molecule has 4 nitrogen and oxygen atoms in total. The van der Waals surface area contributed by atoms with Gasteiger partial charge in [0.1, 0.15) is 11.6 Å². The Kier molecular flexibility index (Phi) is 8.11. The third-order valence-corrected chi connectivity index (χ3v) is 3.82. The van der Waals surface area contributed by atoms with E-state index in [1.165, 1.54) is 18.2 Å². The maximum absolute atomic E-state index is 12.5. The van der Waals surface area contributed by atoms with Crippen molar-refractivity contribution in [3.63, 3.8) is 0 Å². The van der Waals surface area contributed by atoms with Crippen LogP contribution in [0.15, 0.2) is 29.3 Å². The van der Waals surface area contributed by atoms with Crippen LogP contribution in [0, 0.1) is 17.8 Å². The number of ether oxygens (including phenoxy) is 1. The van der Waals surface area contributed by atoms with Crippen LogP contribution >= 0.6 is 0 Å². The fraction of sp³-hybridized carbons (Fsp3) is 0.579. The molecule has 0 aliphatic carbocycles. The second-order valence-electron chi connectivity index (χ2n) is 7.18. The van der Waals surface area contributed by atoms with Crippen molar-refractivity contribution in [1.82, 2.24) is 0 Å². The number of carbonyl (C=O) groups is 1. The van der Waals surface area contributed by atoms with E-state index in [0.717, 1.165) is 12.5 Å². The van der Waals surface area contributed by atoms with Gasteiger partial charge in [-0.15, -0.1) is 13.2 Å². The van der Waals surface area contributed by atoms with Gasteiger partial charge in [-0.05, 0) is 36.8 Å². The SMILES string of the molecule is CC(C)CCC(CC(C)C)C(=O)N=C(N)c1ccccc1OC(F)(F)F. The van der Waals surface area contributed by atoms with Gasteiger partial charge in [-0.2, -0.15) is 4.99 Å². The van der Waals surface area contributed by atoms with E-state index < -0.39 is 18.0 Å². The predicted molar refractivity (Wildman–Crippen MR) is 95.9 cm³/mol. The number of hydrogen-bond donors (Lipinski definition) is 1. The fourth-order valence-corrected chi connectivity index (χ4v) is 2.61. The summed E-state index contributed by atoms with van der Waals surface area (Å²) in [5.74, 6) is -0.705. The van der Waals surface area contributed by atoms with Gasteiger partial charge in [-0.1, -0.05) is 46.2 Å². The van der Waals surface area contributed by atoms with Crippen LogP contribution in [0.5, 0.6) is 5.75 Å². The highest BCUT2D eigenvalue weighted by molar-refractivity contribution is 6.06. The molecule has 1 atom stereocenters. The highest BCUT2D eigenvalue weighted by atomic mass is 19.4. The molecule has 0 saturated heterocycles. The summed E-state index contributed by atoms with van der Waals surface area (Å²) in [4.78, 5) is 16.4. The van der Waals surface area contributed by atoms with Crippen LogP contribution in [0.3, 0.4) is 0 Å². The van der Waals surface area contributed by atoms with E-state index in [1.807, 2.05) is 13.8 Å². The van der Waals surface area contributed by atoms with Crippen molar-refractivity contribution < 1.29 is 22.7 Å². The summed E-state index contributed by atoms with van der Waals surface area (Å²) in [5, 5.41) is 0. The number of alkyl halides is 3. The van der Waals surface area contributed by atoms with Crippen LogP contribution in [0.4, 0.5) is 13.2 Å². The van der Waals surface area contributed by atoms with Crippen LogP contribution in [0.1, 0.15) is 52.5 Å². The van der Waals surface area contributed by atoms with Gasteiger partial charge in [-0.25, -0.2) is 0 Å². The quantitative estimate of drug-likeness (QED) is 0.520. The monoisotopic (exact) mass is 372 g/mol. The number of nitrogens with two attached hydrogens (primary N) is 1. The molecule has 0 spiro atoms. The van der Waals surface area contributed by atoms with Crippen molar-refractivity contribution in [2.24, 2.45) is 28.5 Å². The molecule has 1 aromatic rings. The number of nitrogens with zero attached hydrogens (tertiary/aromatic N) is 1. The van der Waals surface area contributed by atoms with Crippen LogP contribution in [-0.2, 0) is 4.79 Å². The molecule has 0 aliphatic heterocycles. The largest absolute Gasteiger partial charge is 0.573 e. The lowest BCUT2D eigenvalue weighted by Gasteiger charge is -2.17. The summed E-state index contributed by atoms with van der Waals surface area (Å²) in [6.07, 6.45) is -2.65. The summed E-state index contributed by atoms with van der Waals surface area (Å²) in [7, 11) is 0. The third kappa shape index (κ3) is 7.89. The molecule has 0 saturated carbocycles. The fourth-order valence-electron chi connectivity index (χ4n) is 2.61. The molecule has 0 fully saturated rings. The molecular weight excluding hydrogens is 345 g/mol. The number of amides is 1. The number of aliphatic imine (C=N–C) groups is 1. The van der Waals surface area contributed by atoms with Crippen LogP contribution in [0.25, 0.3) is 0 Å². The Balaban J connectivity index is 3.04. The molecule has 1 amide bonds. The van der Waals surface area contributed by atoms with Gasteiger partial charge >= 0.3 is 6.36 Å². The minimum atomic E-state index is -4.85. The van der Waals surface area contributed by atoms with E-state index >= 15 is 0 Å². The van der Waals surface area contributed by atoms with Gasteiger partial charge in [0.2, 0.25) is 0 Å². The summed E-state index contributed by atoms with van der Waals surface area (Å²) >= 11 is 0. The lowest BCUT2D eigenvalue weighted by Crippen LogP contribution is -2.24. The van der Waals surface area contributed by atoms with Crippen LogP contribution in [0.2, 0.25) is 0 Å². The predicted octanol–water partition coefficient (Wildman–Crippen LogP) is 4.92. The van der Waals surface area contributed by atoms with Gasteiger partial charge in [0.25, 0.3) is 5.91 Å². The molecule has 1 unspecified atom stereocenters. The standard InChI is InChI=1S/C19H27F3N2O2/c1-12(2)9-10-14(11-13(3)4)18(25)24-17(23)15-7-5-6-8-16(15)26-19(20,21)22/h5-8,12-14H,9-11H2,1-4H3,(H2,23,24,25). The highest BCUT2D eigenvalue weighted by Gasteiger charge is 2.32. The smallest absolute Gasteiger partial charge is 0.405 e. The minimum absolute atomic E-state index is 0.0506. The Labute approximate surface area is 152 Å². The van der Waals surface area contributed by atoms with Crippen molar-refractivity contribution in [3.8, 4) is 5.75 Å². The summed E-state index contributed by atoms with van der Waals surface area (Å²) < 4.78 is 41.5. The van der Waals surface area contributed by atoms with Crippen LogP contribution < -0.4 is 10.5 Å². The molecule has 7 heteroatoms. The first-order chi connectivity index (χ1) is 12.0. The van der Waals surface area contributed by atoms with Crippen molar-refractivity contribution in [3.05, 3.63) is 29.8 Å². The van der Waals surface area contributed by atoms with E-state index in [-0.39, 0.29) is 17.3 Å². The van der Waals surface area contributed by atoms with E-state index in [4.69, 9.17) is 5.73 Å². The zero-order valence-electron chi connectivity index (χ0n) is 15.6. The van der Waals surface area contributed by atoms with E-state index in [1.54, 1.807) is 0 Å². The first-order valence-electron chi connectivity index (χ1n) is 8.72. The summed E-state index contributed by atoms with van der Waals surface area (Å²) in [5.41, 5.74) is 5.77. The second-order valence-corrected chi connectivity index (χ2v) is 7.18. The number of para-hydroxylation sites is 1. The van der Waals surface area contributed by atoms with Crippen LogP contribution in [-0.4, -0.2) is 18.1 Å². The van der Waals surface area contributed by atoms with Crippen molar-refractivity contribution in [2.45, 2.75) is 53.3 Å². The molecule has 26 heavy (non-hydrogen) atoms. The van der Waals surface area contributed by atoms with Gasteiger partial charge in [0.05, 0.1) is 5.56 Å². The maximum Gasteiger partial charge on any atom is 0.573 e. The maximum atomic E-state index is 12.5. The van der Waals surface area contributed by atoms with Gasteiger partial charge in [0, 0.05) is 5.92 Å². The molecule has 0 aromatic heterocycles. The third-order valence-electron chi connectivity index (χ3n) is 3.82.